The van der Waals surface area contributed by atoms with Crippen LogP contribution in [0.25, 0.3) is 0 Å². The highest BCUT2D eigenvalue weighted by Crippen LogP contribution is 2.35. The van der Waals surface area contributed by atoms with Gasteiger partial charge in [-0.3, -0.25) is 9.59 Å². The summed E-state index contributed by atoms with van der Waals surface area (Å²) in [7, 11) is 1.33. The molecule has 0 spiro atoms. The highest BCUT2D eigenvalue weighted by atomic mass is 16.5. The van der Waals surface area contributed by atoms with Crippen LogP contribution in [0, 0.1) is 5.92 Å². The molecule has 0 saturated carbocycles. The third-order valence-corrected chi connectivity index (χ3v) is 4.47. The Labute approximate surface area is 169 Å². The molecule has 0 fully saturated rings. The van der Waals surface area contributed by atoms with E-state index in [0.717, 1.165) is 5.56 Å². The molecule has 3 rings (SSSR count). The van der Waals surface area contributed by atoms with Crippen LogP contribution < -0.4 is 15.0 Å². The predicted molar refractivity (Wildman–Crippen MR) is 109 cm³/mol. The lowest BCUT2D eigenvalue weighted by molar-refractivity contribution is -0.121. The average Bonchev–Trinajstić information content (AvgIpc) is 2.69. The largest absolute Gasteiger partial charge is 0.482 e. The van der Waals surface area contributed by atoms with Gasteiger partial charge in [-0.2, -0.15) is 0 Å². The highest BCUT2D eigenvalue weighted by molar-refractivity contribution is 5.99. The lowest BCUT2D eigenvalue weighted by Crippen LogP contribution is -2.38. The Kier molecular flexibility index (Phi) is 6.16. The quantitative estimate of drug-likeness (QED) is 0.757. The standard InChI is InChI=1S/C22H24N2O5/c1-14(2)9-20(25)23-17-7-8-19-18(11-17)24(21(26)13-29-19)12-15-5-4-6-16(10-15)22(27)28-3/h4-8,10-11,14H,9,12-13H2,1-3H3,(H,23,25). The molecular formula is C22H24N2O5. The maximum atomic E-state index is 12.5. The summed E-state index contributed by atoms with van der Waals surface area (Å²) in [5.74, 6) is 0.0920. The van der Waals surface area contributed by atoms with Gasteiger partial charge >= 0.3 is 5.97 Å². The number of esters is 1. The number of benzene rings is 2. The van der Waals surface area contributed by atoms with Crippen LogP contribution >= 0.6 is 0 Å². The van der Waals surface area contributed by atoms with Crippen molar-refractivity contribution in [2.45, 2.75) is 26.8 Å². The molecule has 0 saturated heterocycles. The third-order valence-electron chi connectivity index (χ3n) is 4.47. The molecule has 29 heavy (non-hydrogen) atoms. The maximum absolute atomic E-state index is 12.5. The molecule has 1 N–H and O–H groups in total. The molecule has 1 aliphatic rings. The van der Waals surface area contributed by atoms with E-state index in [4.69, 9.17) is 9.47 Å². The smallest absolute Gasteiger partial charge is 0.337 e. The first-order valence-electron chi connectivity index (χ1n) is 9.41. The van der Waals surface area contributed by atoms with Crippen LogP contribution in [0.5, 0.6) is 5.75 Å². The molecule has 1 heterocycles. The van der Waals surface area contributed by atoms with Gasteiger partial charge in [-0.25, -0.2) is 4.79 Å². The molecule has 7 heteroatoms. The molecule has 7 nitrogen and oxygen atoms in total. The second kappa shape index (κ2) is 8.77. The Morgan fingerprint density at radius 2 is 2.00 bits per heavy atom. The van der Waals surface area contributed by atoms with E-state index >= 15 is 0 Å². The van der Waals surface area contributed by atoms with E-state index in [1.807, 2.05) is 19.9 Å². The summed E-state index contributed by atoms with van der Waals surface area (Å²) in [4.78, 5) is 38.0. The molecular weight excluding hydrogens is 372 g/mol. The van der Waals surface area contributed by atoms with Gasteiger partial charge in [0, 0.05) is 12.1 Å². The molecule has 152 valence electrons. The first-order chi connectivity index (χ1) is 13.9. The van der Waals surface area contributed by atoms with Crippen molar-refractivity contribution < 1.29 is 23.9 Å². The van der Waals surface area contributed by atoms with Crippen LogP contribution in [0.15, 0.2) is 42.5 Å². The normalized spacial score (nSPS) is 13.0. The Bertz CT molecular complexity index is 939. The summed E-state index contributed by atoms with van der Waals surface area (Å²) in [6, 6.07) is 12.2. The number of rotatable bonds is 6. The van der Waals surface area contributed by atoms with Gasteiger partial charge in [0.05, 0.1) is 24.9 Å². The lowest BCUT2D eigenvalue weighted by Gasteiger charge is -2.30. The first kappa shape index (κ1) is 20.4. The van der Waals surface area contributed by atoms with Crippen molar-refractivity contribution in [2.24, 2.45) is 5.92 Å². The molecule has 0 unspecified atom stereocenters. The number of hydrogen-bond donors (Lipinski definition) is 1. The fraction of sp³-hybridized carbons (Fsp3) is 0.318. The first-order valence-corrected chi connectivity index (χ1v) is 9.41. The number of nitrogens with one attached hydrogen (secondary N) is 1. The Balaban J connectivity index is 1.86. The van der Waals surface area contributed by atoms with E-state index in [1.54, 1.807) is 41.3 Å². The minimum atomic E-state index is -0.435. The van der Waals surface area contributed by atoms with Gasteiger partial charge in [-0.15, -0.1) is 0 Å². The Morgan fingerprint density at radius 3 is 2.72 bits per heavy atom. The van der Waals surface area contributed by atoms with Crippen molar-refractivity contribution in [3.8, 4) is 5.75 Å². The van der Waals surface area contributed by atoms with E-state index < -0.39 is 5.97 Å². The predicted octanol–water partition coefficient (Wildman–Crippen LogP) is 3.38. The number of methoxy groups -OCH3 is 1. The third kappa shape index (κ3) is 4.93. The van der Waals surface area contributed by atoms with Crippen LogP contribution in [0.2, 0.25) is 0 Å². The Hall–Kier alpha value is -3.35. The van der Waals surface area contributed by atoms with Gasteiger partial charge < -0.3 is 19.7 Å². The summed E-state index contributed by atoms with van der Waals surface area (Å²) in [5, 5.41) is 2.86. The van der Waals surface area contributed by atoms with Crippen LogP contribution in [-0.2, 0) is 20.9 Å². The highest BCUT2D eigenvalue weighted by Gasteiger charge is 2.26. The molecule has 0 bridgehead atoms. The molecule has 0 aliphatic carbocycles. The summed E-state index contributed by atoms with van der Waals surface area (Å²) in [6.45, 7) is 4.15. The van der Waals surface area contributed by atoms with Crippen LogP contribution in [0.3, 0.4) is 0 Å². The molecule has 0 radical (unpaired) electrons. The summed E-state index contributed by atoms with van der Waals surface area (Å²) in [5.41, 5.74) is 2.37. The van der Waals surface area contributed by atoms with Gasteiger partial charge in [0.2, 0.25) is 5.91 Å². The van der Waals surface area contributed by atoms with Crippen molar-refractivity contribution in [3.05, 3.63) is 53.6 Å². The average molecular weight is 396 g/mol. The van der Waals surface area contributed by atoms with E-state index in [-0.39, 0.29) is 30.9 Å². The maximum Gasteiger partial charge on any atom is 0.337 e. The van der Waals surface area contributed by atoms with Crippen LogP contribution in [0.4, 0.5) is 11.4 Å². The molecule has 0 aromatic heterocycles. The second-order valence-corrected chi connectivity index (χ2v) is 7.29. The van der Waals surface area contributed by atoms with E-state index in [0.29, 0.717) is 29.1 Å². The van der Waals surface area contributed by atoms with E-state index in [2.05, 4.69) is 5.32 Å². The number of carbonyl (C=O) groups excluding carboxylic acids is 3. The number of amides is 2. The van der Waals surface area contributed by atoms with Gasteiger partial charge in [0.15, 0.2) is 6.61 Å². The number of anilines is 2. The summed E-state index contributed by atoms with van der Waals surface area (Å²) < 4.78 is 10.3. The molecule has 0 atom stereocenters. The van der Waals surface area contributed by atoms with E-state index in [9.17, 15) is 14.4 Å². The van der Waals surface area contributed by atoms with Crippen LogP contribution in [-0.4, -0.2) is 31.5 Å². The molecule has 2 amide bonds. The van der Waals surface area contributed by atoms with Gasteiger partial charge in [-0.05, 0) is 41.8 Å². The minimum Gasteiger partial charge on any atom is -0.482 e. The number of ether oxygens (including phenoxy) is 2. The van der Waals surface area contributed by atoms with Crippen molar-refractivity contribution >= 4 is 29.2 Å². The Morgan fingerprint density at radius 1 is 1.21 bits per heavy atom. The number of fused-ring (bicyclic) bond motifs is 1. The van der Waals surface area contributed by atoms with Crippen molar-refractivity contribution in [2.75, 3.05) is 23.9 Å². The zero-order valence-electron chi connectivity index (χ0n) is 16.7. The molecule has 2 aromatic rings. The van der Waals surface area contributed by atoms with Crippen molar-refractivity contribution in [1.82, 2.24) is 0 Å². The van der Waals surface area contributed by atoms with Gasteiger partial charge in [0.25, 0.3) is 5.91 Å². The van der Waals surface area contributed by atoms with Crippen molar-refractivity contribution in [3.63, 3.8) is 0 Å². The summed E-state index contributed by atoms with van der Waals surface area (Å²) in [6.07, 6.45) is 0.413. The fourth-order valence-corrected chi connectivity index (χ4v) is 3.13. The second-order valence-electron chi connectivity index (χ2n) is 7.29. The molecule has 1 aliphatic heterocycles. The van der Waals surface area contributed by atoms with Crippen molar-refractivity contribution in [1.29, 1.82) is 0 Å². The number of hydrogen-bond acceptors (Lipinski definition) is 5. The van der Waals surface area contributed by atoms with Crippen LogP contribution in [0.1, 0.15) is 36.2 Å². The van der Waals surface area contributed by atoms with Gasteiger partial charge in [0.1, 0.15) is 5.75 Å². The van der Waals surface area contributed by atoms with Gasteiger partial charge in [-0.1, -0.05) is 26.0 Å². The van der Waals surface area contributed by atoms with E-state index in [1.165, 1.54) is 7.11 Å². The lowest BCUT2D eigenvalue weighted by atomic mass is 10.1. The topological polar surface area (TPSA) is 84.9 Å². The number of carbonyl (C=O) groups is 3. The molecule has 2 aromatic carbocycles. The zero-order valence-corrected chi connectivity index (χ0v) is 16.7. The monoisotopic (exact) mass is 396 g/mol. The fourth-order valence-electron chi connectivity index (χ4n) is 3.13. The SMILES string of the molecule is COC(=O)c1cccc(CN2C(=O)COc3ccc(NC(=O)CC(C)C)cc32)c1. The summed E-state index contributed by atoms with van der Waals surface area (Å²) >= 11 is 0. The number of nitrogens with zero attached hydrogens (tertiary/aromatic N) is 1. The minimum absolute atomic E-state index is 0.0667. The zero-order chi connectivity index (χ0) is 21.0.